The second-order valence-corrected chi connectivity index (χ2v) is 36.8. The lowest BCUT2D eigenvalue weighted by molar-refractivity contribution is -0.893. The van der Waals surface area contributed by atoms with E-state index in [9.17, 15) is 29.4 Å². The maximum Gasteiger partial charge on any atom is 0.305 e. The molecule has 0 heterocycles. The molecule has 0 spiro atoms. The molecule has 0 aromatic rings. The van der Waals surface area contributed by atoms with E-state index in [0.29, 0.717) is 101 Å². The van der Waals surface area contributed by atoms with Crippen LogP contribution in [-0.2, 0) is 47.6 Å². The van der Waals surface area contributed by atoms with Gasteiger partial charge in [-0.3, -0.25) is 19.2 Å². The maximum atomic E-state index is 11.8. The Balaban J connectivity index is -0.000000235. The van der Waals surface area contributed by atoms with Gasteiger partial charge in [-0.15, -0.1) is 0 Å². The summed E-state index contributed by atoms with van der Waals surface area (Å²) in [6.45, 7) is 16.4. The summed E-state index contributed by atoms with van der Waals surface area (Å²) in [6.07, 6.45) is 85.1. The number of unbranched alkanes of at least 4 members (excludes halogenated alkanes) is 44. The zero-order valence-corrected chi connectivity index (χ0v) is 84.9. The Kier molecular flexibility index (Phi) is 115. The lowest BCUT2D eigenvalue weighted by Gasteiger charge is -2.31. The fourth-order valence-corrected chi connectivity index (χ4v) is 13.2. The molecule has 0 fully saturated rings. The smallest absolute Gasteiger partial charge is 0.305 e. The highest BCUT2D eigenvalue weighted by atomic mass is 35.5. The molecule has 22 heteroatoms. The summed E-state index contributed by atoms with van der Waals surface area (Å²) >= 11 is 0. The van der Waals surface area contributed by atoms with Crippen molar-refractivity contribution in [3.8, 4) is 0 Å². The van der Waals surface area contributed by atoms with E-state index in [1.54, 1.807) is 0 Å². The molecule has 0 aromatic heterocycles. The monoisotopic (exact) mass is 1820 g/mol. The minimum Gasteiger partial charge on any atom is -1.00 e. The van der Waals surface area contributed by atoms with Crippen molar-refractivity contribution in [1.29, 1.82) is 0 Å². The van der Waals surface area contributed by atoms with E-state index in [1.807, 2.05) is 28.2 Å². The number of quaternary nitrogens is 4. The van der Waals surface area contributed by atoms with Gasteiger partial charge in [-0.2, -0.15) is 0 Å². The van der Waals surface area contributed by atoms with Crippen molar-refractivity contribution in [2.24, 2.45) is 0 Å². The molecule has 0 rings (SSSR count). The summed E-state index contributed by atoms with van der Waals surface area (Å²) in [7, 11) is 20.6. The molecule has 0 saturated heterocycles. The summed E-state index contributed by atoms with van der Waals surface area (Å²) in [6, 6.07) is 0. The molecule has 18 nitrogen and oxygen atoms in total. The van der Waals surface area contributed by atoms with Crippen LogP contribution in [0.15, 0.2) is 48.6 Å². The van der Waals surface area contributed by atoms with Gasteiger partial charge >= 0.3 is 23.9 Å². The number of hydrogen-bond donors (Lipinski definition) is 4. The summed E-state index contributed by atoms with van der Waals surface area (Å²) in [5.41, 5.74) is 0. The van der Waals surface area contributed by atoms with E-state index in [1.165, 1.54) is 283 Å². The Morgan fingerprint density at radius 1 is 0.246 bits per heavy atom. The van der Waals surface area contributed by atoms with E-state index in [-0.39, 0.29) is 93.3 Å². The van der Waals surface area contributed by atoms with Gasteiger partial charge in [0.2, 0.25) is 0 Å². The van der Waals surface area contributed by atoms with Crippen molar-refractivity contribution >= 4 is 23.9 Å². The number of aliphatic hydroxyl groups excluding tert-OH is 4. The highest BCUT2D eigenvalue weighted by Crippen LogP contribution is 2.17. The fourth-order valence-electron chi connectivity index (χ4n) is 13.2. The van der Waals surface area contributed by atoms with Crippen LogP contribution in [0.1, 0.15) is 387 Å². The average Bonchev–Trinajstić information content (AvgIpc) is 0.916. The van der Waals surface area contributed by atoms with Gasteiger partial charge in [-0.25, -0.2) is 0 Å². The van der Waals surface area contributed by atoms with Gasteiger partial charge in [0.15, 0.2) is 0 Å². The van der Waals surface area contributed by atoms with Crippen molar-refractivity contribution in [2.45, 2.75) is 399 Å². The third-order valence-electron chi connectivity index (χ3n) is 21.1. The first-order chi connectivity index (χ1) is 56.7. The number of rotatable bonds is 84. The van der Waals surface area contributed by atoms with Crippen LogP contribution in [0.25, 0.3) is 0 Å². The van der Waals surface area contributed by atoms with Crippen molar-refractivity contribution < 1.29 is 136 Å². The molecule has 4 N–H and O–H groups in total. The molecule has 0 radical (unpaired) electrons. The zero-order chi connectivity index (χ0) is 88.3. The van der Waals surface area contributed by atoms with Crippen LogP contribution in [0.5, 0.6) is 0 Å². The van der Waals surface area contributed by atoms with Gasteiger partial charge in [0.25, 0.3) is 0 Å². The Bertz CT molecular complexity index is 2260. The SMILES string of the molecule is CCCCCCCC/C=C\CCCCCCCC(=O)OCCOCC[N+](C)(C)C.CCCCCCCC/C=C\CCCCCCCC(=O)OCCOCC[N+](C)(C)CC(O)CO.CCCCCCCC/C=C\CCCCCCCC(=O)OCC[N+](C)(C)C.CCCCCCCC/C=C\CCCCCCCC(=O)OCC[N+](C)(C)CC(O)CO.[Cl-].[Cl-].[Cl-].[Cl-]. The van der Waals surface area contributed by atoms with Gasteiger partial charge in [0.1, 0.15) is 77.9 Å². The Labute approximate surface area is 778 Å². The zero-order valence-electron chi connectivity index (χ0n) is 81.9. The van der Waals surface area contributed by atoms with Gasteiger partial charge in [0.05, 0.1) is 110 Å². The lowest BCUT2D eigenvalue weighted by Crippen LogP contribution is -3.00. The first-order valence-corrected chi connectivity index (χ1v) is 48.9. The molecule has 2 atom stereocenters. The number of esters is 4. The Hall–Kier alpha value is -2.40. The first kappa shape index (κ1) is 135. The molecule has 0 saturated carbocycles. The average molecular weight is 1820 g/mol. The molecule has 0 aliphatic carbocycles. The van der Waals surface area contributed by atoms with E-state index in [0.717, 1.165) is 80.0 Å². The quantitative estimate of drug-likeness (QED) is 0.0147. The minimum absolute atomic E-state index is 0. The maximum absolute atomic E-state index is 11.8. The molecule has 2 unspecified atom stereocenters. The standard InChI is InChI=1S/C27H54NO5.C25H50NO4.C25H50NO3.C23H46NO2.4ClH/c1-4-5-6-7-8-9-10-11-12-13-14-15-16-17-18-19-27(31)33-23-22-32-21-20-28(2,3)24-26(30)25-29;1-4-5-6-7-8-9-10-11-12-13-14-15-16-17-18-19-25(29)30-21-20-26(2,3)22-24(28)23-27;1-5-6-7-8-9-10-11-12-13-14-15-16-17-18-19-20-25(27)29-24-23-28-22-21-26(2,3)4;1-5-6-7-8-9-10-11-12-13-14-15-16-17-18-19-20-23(25)26-22-21-24(2,3)4;;;;/h11-12,26,29-30H,4-10,13-25H2,1-3H3;11-12,24,27-28H,4-10,13-23H2,1-3H3;12-13H,5-11,14-24H2,1-4H3;12-13H,5-11,14-22H2,1-4H3;4*1H/q4*+1;;;;/p-4/b2*12-11-;2*13-12-;;;;. The van der Waals surface area contributed by atoms with Crippen LogP contribution in [0.3, 0.4) is 0 Å². The predicted molar refractivity (Wildman–Crippen MR) is 499 cm³/mol. The van der Waals surface area contributed by atoms with Gasteiger partial charge in [-0.1, -0.05) is 282 Å². The van der Waals surface area contributed by atoms with Crippen molar-refractivity contribution in [1.82, 2.24) is 0 Å². The second-order valence-electron chi connectivity index (χ2n) is 36.8. The first-order valence-electron chi connectivity index (χ1n) is 48.9. The Morgan fingerprint density at radius 3 is 0.648 bits per heavy atom. The third kappa shape index (κ3) is 124. The number of hydrogen-bond acceptors (Lipinski definition) is 14. The minimum atomic E-state index is -0.730. The van der Waals surface area contributed by atoms with Gasteiger partial charge in [0, 0.05) is 25.7 Å². The van der Waals surface area contributed by atoms with Crippen molar-refractivity contribution in [3.05, 3.63) is 48.6 Å². The van der Waals surface area contributed by atoms with Crippen LogP contribution in [0.2, 0.25) is 0 Å². The molecule has 0 aromatic carbocycles. The largest absolute Gasteiger partial charge is 1.00 e. The number of nitrogens with zero attached hydrogens (tertiary/aromatic N) is 4. The molecule has 0 bridgehead atoms. The van der Waals surface area contributed by atoms with E-state index in [2.05, 4.69) is 119 Å². The summed E-state index contributed by atoms with van der Waals surface area (Å²) in [4.78, 5) is 46.9. The van der Waals surface area contributed by atoms with E-state index < -0.39 is 12.2 Å². The third-order valence-corrected chi connectivity index (χ3v) is 21.1. The Morgan fingerprint density at radius 2 is 0.426 bits per heavy atom. The number of carbonyl (C=O) groups is 4. The molecule has 0 amide bonds. The molecule has 0 aliphatic rings. The normalized spacial score (nSPS) is 12.1. The van der Waals surface area contributed by atoms with Crippen molar-refractivity contribution in [3.63, 3.8) is 0 Å². The molecular weight excluding hydrogens is 1620 g/mol. The highest BCUT2D eigenvalue weighted by molar-refractivity contribution is 5.70. The predicted octanol–water partition coefficient (Wildman–Crippen LogP) is 10.6. The number of allylic oxidation sites excluding steroid dienone is 8. The number of ether oxygens (including phenoxy) is 6. The number of halogens is 4. The summed E-state index contributed by atoms with van der Waals surface area (Å²) in [5.74, 6) is -0.386. The molecular formula is C100H200Cl4N4O14. The van der Waals surface area contributed by atoms with Gasteiger partial charge in [-0.05, 0) is 128 Å². The molecule has 732 valence electrons. The van der Waals surface area contributed by atoms with Crippen LogP contribution >= 0.6 is 0 Å². The topological polar surface area (TPSA) is 205 Å². The molecule has 0 aliphatic heterocycles. The van der Waals surface area contributed by atoms with Crippen molar-refractivity contribution in [2.75, 3.05) is 176 Å². The number of aliphatic hydroxyl groups is 4. The number of carbonyl (C=O) groups excluding carboxylic acids is 4. The fraction of sp³-hybridized carbons (Fsp3) is 0.880. The van der Waals surface area contributed by atoms with Gasteiger partial charge < -0.3 is 116 Å². The van der Waals surface area contributed by atoms with Crippen LogP contribution in [0.4, 0.5) is 0 Å². The highest BCUT2D eigenvalue weighted by Gasteiger charge is 2.22. The van der Waals surface area contributed by atoms with E-state index in [4.69, 9.17) is 38.6 Å². The van der Waals surface area contributed by atoms with Crippen LogP contribution < -0.4 is 49.6 Å². The van der Waals surface area contributed by atoms with Crippen LogP contribution in [0, 0.1) is 0 Å². The van der Waals surface area contributed by atoms with E-state index >= 15 is 0 Å². The molecule has 122 heavy (non-hydrogen) atoms. The number of likely N-dealkylation sites (N-methyl/N-ethyl adjacent to an activating group) is 4. The lowest BCUT2D eigenvalue weighted by atomic mass is 10.1. The second kappa shape index (κ2) is 104. The van der Waals surface area contributed by atoms with Crippen LogP contribution in [-0.4, -0.2) is 250 Å². The summed E-state index contributed by atoms with van der Waals surface area (Å²) < 4.78 is 34.8. The summed E-state index contributed by atoms with van der Waals surface area (Å²) in [5, 5.41) is 36.9.